The van der Waals surface area contributed by atoms with E-state index in [1.54, 1.807) is 0 Å². The Balaban J connectivity index is 2.21. The first kappa shape index (κ1) is 7.56. The van der Waals surface area contributed by atoms with Gasteiger partial charge >= 0.3 is 0 Å². The van der Waals surface area contributed by atoms with E-state index in [0.29, 0.717) is 12.5 Å². The van der Waals surface area contributed by atoms with Crippen molar-refractivity contribution in [2.45, 2.75) is 12.8 Å². The van der Waals surface area contributed by atoms with Crippen molar-refractivity contribution in [1.82, 2.24) is 4.90 Å². The SMILES string of the molecule is [CH2]C1CCN(CC#N)CC1. The highest BCUT2D eigenvalue weighted by atomic mass is 15.1. The van der Waals surface area contributed by atoms with Gasteiger partial charge in [-0.3, -0.25) is 4.90 Å². The van der Waals surface area contributed by atoms with Crippen LogP contribution < -0.4 is 0 Å². The Morgan fingerprint density at radius 1 is 1.50 bits per heavy atom. The second-order valence-electron chi connectivity index (χ2n) is 2.88. The van der Waals surface area contributed by atoms with Crippen molar-refractivity contribution in [2.75, 3.05) is 19.6 Å². The standard InChI is InChI=1S/C8H13N2/c1-8-2-5-10(6-3-8)7-4-9/h8H,1-3,5-7H2. The quantitative estimate of drug-likeness (QED) is 0.505. The number of hydrogen-bond donors (Lipinski definition) is 0. The summed E-state index contributed by atoms with van der Waals surface area (Å²) in [6.45, 7) is 6.69. The largest absolute Gasteiger partial charge is 0.291 e. The summed E-state index contributed by atoms with van der Waals surface area (Å²) in [5, 5.41) is 8.38. The van der Waals surface area contributed by atoms with Crippen LogP contribution in [0.3, 0.4) is 0 Å². The van der Waals surface area contributed by atoms with Gasteiger partial charge in [-0.15, -0.1) is 0 Å². The average molecular weight is 137 g/mol. The first-order valence-electron chi connectivity index (χ1n) is 3.75. The molecule has 0 N–H and O–H groups in total. The van der Waals surface area contributed by atoms with Crippen LogP contribution in [0.2, 0.25) is 0 Å². The lowest BCUT2D eigenvalue weighted by Crippen LogP contribution is -2.33. The Morgan fingerprint density at radius 3 is 2.60 bits per heavy atom. The van der Waals surface area contributed by atoms with E-state index in [1.807, 2.05) is 0 Å². The highest BCUT2D eigenvalue weighted by Gasteiger charge is 2.14. The van der Waals surface area contributed by atoms with E-state index in [9.17, 15) is 0 Å². The zero-order valence-electron chi connectivity index (χ0n) is 6.21. The molecule has 0 spiro atoms. The van der Waals surface area contributed by atoms with Crippen molar-refractivity contribution < 1.29 is 0 Å². The van der Waals surface area contributed by atoms with Crippen LogP contribution in [0, 0.1) is 24.2 Å². The summed E-state index contributed by atoms with van der Waals surface area (Å²) in [5.74, 6) is 0.620. The maximum Gasteiger partial charge on any atom is 0.0865 e. The number of rotatable bonds is 1. The van der Waals surface area contributed by atoms with Crippen molar-refractivity contribution in [3.8, 4) is 6.07 Å². The van der Waals surface area contributed by atoms with Crippen LogP contribution in [0.25, 0.3) is 0 Å². The van der Waals surface area contributed by atoms with Crippen LogP contribution >= 0.6 is 0 Å². The van der Waals surface area contributed by atoms with Gasteiger partial charge in [0.15, 0.2) is 0 Å². The summed E-state index contributed by atoms with van der Waals surface area (Å²) in [4.78, 5) is 2.18. The zero-order chi connectivity index (χ0) is 7.40. The Hall–Kier alpha value is -0.550. The van der Waals surface area contributed by atoms with E-state index < -0.39 is 0 Å². The van der Waals surface area contributed by atoms with Crippen LogP contribution in [0.1, 0.15) is 12.8 Å². The Kier molecular flexibility index (Phi) is 2.70. The maximum atomic E-state index is 8.38. The number of likely N-dealkylation sites (tertiary alicyclic amines) is 1. The lowest BCUT2D eigenvalue weighted by atomic mass is 9.99. The van der Waals surface area contributed by atoms with Crippen LogP contribution in [0.4, 0.5) is 0 Å². The zero-order valence-corrected chi connectivity index (χ0v) is 6.21. The topological polar surface area (TPSA) is 27.0 Å². The molecule has 1 fully saturated rings. The molecule has 1 aliphatic heterocycles. The summed E-state index contributed by atoms with van der Waals surface area (Å²) >= 11 is 0. The molecule has 0 aromatic rings. The number of nitrogens with zero attached hydrogens (tertiary/aromatic N) is 2. The molecule has 0 aromatic heterocycles. The second kappa shape index (κ2) is 3.58. The normalized spacial score (nSPS) is 22.4. The molecule has 1 aliphatic rings. The summed E-state index contributed by atoms with van der Waals surface area (Å²) in [6.07, 6.45) is 2.31. The number of hydrogen-bond acceptors (Lipinski definition) is 2. The molecule has 2 nitrogen and oxygen atoms in total. The monoisotopic (exact) mass is 137 g/mol. The van der Waals surface area contributed by atoms with E-state index in [-0.39, 0.29) is 0 Å². The highest BCUT2D eigenvalue weighted by Crippen LogP contribution is 2.14. The van der Waals surface area contributed by atoms with Crippen molar-refractivity contribution in [3.63, 3.8) is 0 Å². The molecule has 2 heteroatoms. The van der Waals surface area contributed by atoms with E-state index in [4.69, 9.17) is 5.26 Å². The lowest BCUT2D eigenvalue weighted by Gasteiger charge is -2.27. The fourth-order valence-electron chi connectivity index (χ4n) is 1.24. The Labute approximate surface area is 62.4 Å². The van der Waals surface area contributed by atoms with Gasteiger partial charge in [0, 0.05) is 0 Å². The molecule has 0 aromatic carbocycles. The molecule has 0 bridgehead atoms. The summed E-state index contributed by atoms with van der Waals surface area (Å²) in [5.41, 5.74) is 0. The van der Waals surface area contributed by atoms with Gasteiger partial charge in [0.05, 0.1) is 12.6 Å². The fraction of sp³-hybridized carbons (Fsp3) is 0.750. The van der Waals surface area contributed by atoms with Gasteiger partial charge in [-0.2, -0.15) is 5.26 Å². The molecule has 0 aliphatic carbocycles. The fourth-order valence-corrected chi connectivity index (χ4v) is 1.24. The lowest BCUT2D eigenvalue weighted by molar-refractivity contribution is 0.223. The molecular weight excluding hydrogens is 124 g/mol. The van der Waals surface area contributed by atoms with E-state index >= 15 is 0 Å². The smallest absolute Gasteiger partial charge is 0.0865 e. The summed E-state index contributed by atoms with van der Waals surface area (Å²) < 4.78 is 0. The van der Waals surface area contributed by atoms with Gasteiger partial charge in [0.1, 0.15) is 0 Å². The second-order valence-corrected chi connectivity index (χ2v) is 2.88. The van der Waals surface area contributed by atoms with E-state index in [2.05, 4.69) is 17.9 Å². The van der Waals surface area contributed by atoms with Crippen molar-refractivity contribution >= 4 is 0 Å². The minimum Gasteiger partial charge on any atom is -0.291 e. The van der Waals surface area contributed by atoms with Gasteiger partial charge < -0.3 is 0 Å². The van der Waals surface area contributed by atoms with E-state index in [1.165, 1.54) is 0 Å². The van der Waals surface area contributed by atoms with E-state index in [0.717, 1.165) is 25.9 Å². The van der Waals surface area contributed by atoms with Crippen molar-refractivity contribution in [2.24, 2.45) is 5.92 Å². The van der Waals surface area contributed by atoms with Gasteiger partial charge in [-0.05, 0) is 31.8 Å². The van der Waals surface area contributed by atoms with Crippen LogP contribution in [0.15, 0.2) is 0 Å². The molecule has 1 heterocycles. The third-order valence-electron chi connectivity index (χ3n) is 2.00. The summed E-state index contributed by atoms with van der Waals surface area (Å²) in [7, 11) is 0. The highest BCUT2D eigenvalue weighted by molar-refractivity contribution is 4.81. The van der Waals surface area contributed by atoms with Gasteiger partial charge in [-0.1, -0.05) is 6.92 Å². The first-order chi connectivity index (χ1) is 4.83. The van der Waals surface area contributed by atoms with Crippen molar-refractivity contribution in [1.29, 1.82) is 5.26 Å². The van der Waals surface area contributed by atoms with Crippen molar-refractivity contribution in [3.05, 3.63) is 6.92 Å². The average Bonchev–Trinajstić information content (AvgIpc) is 1.95. The van der Waals surface area contributed by atoms with Gasteiger partial charge in [0.25, 0.3) is 0 Å². The third kappa shape index (κ3) is 2.00. The van der Waals surface area contributed by atoms with Crippen LogP contribution in [-0.2, 0) is 0 Å². The van der Waals surface area contributed by atoms with Gasteiger partial charge in [0.2, 0.25) is 0 Å². The minimum atomic E-state index is 0.590. The molecule has 0 saturated carbocycles. The predicted octanol–water partition coefficient (Wildman–Crippen LogP) is 1.06. The molecule has 55 valence electrons. The number of nitriles is 1. The summed E-state index contributed by atoms with van der Waals surface area (Å²) in [6, 6.07) is 2.16. The van der Waals surface area contributed by atoms with Crippen LogP contribution in [0.5, 0.6) is 0 Å². The molecule has 1 radical (unpaired) electrons. The third-order valence-corrected chi connectivity index (χ3v) is 2.00. The molecule has 10 heavy (non-hydrogen) atoms. The Morgan fingerprint density at radius 2 is 2.10 bits per heavy atom. The Bertz CT molecular complexity index is 129. The molecule has 0 unspecified atom stereocenters. The molecule has 1 rings (SSSR count). The predicted molar refractivity (Wildman–Crippen MR) is 40.1 cm³/mol. The molecule has 0 atom stereocenters. The maximum absolute atomic E-state index is 8.38. The molecule has 0 amide bonds. The van der Waals surface area contributed by atoms with Crippen LogP contribution in [-0.4, -0.2) is 24.5 Å². The minimum absolute atomic E-state index is 0.590. The first-order valence-corrected chi connectivity index (χ1v) is 3.75. The number of piperidine rings is 1. The molecule has 1 saturated heterocycles. The van der Waals surface area contributed by atoms with Gasteiger partial charge in [-0.25, -0.2) is 0 Å². The molecular formula is C8H13N2.